The normalized spacial score (nSPS) is 15.0. The van der Waals surface area contributed by atoms with Crippen LogP contribution in [0.4, 0.5) is 5.13 Å². The maximum absolute atomic E-state index is 13.6. The number of thiazole rings is 1. The minimum Gasteiger partial charge on any atom is -0.492 e. The number of ether oxygens (including phenoxy) is 2. The molecule has 8 nitrogen and oxygen atoms in total. The molecule has 1 amide bonds. The number of nitrogens with zero attached hydrogens (tertiary/aromatic N) is 5. The summed E-state index contributed by atoms with van der Waals surface area (Å²) in [6, 6.07) is 7.77. The molecule has 1 aliphatic rings. The maximum Gasteiger partial charge on any atom is 0.278 e. The third-order valence-corrected chi connectivity index (χ3v) is 6.31. The summed E-state index contributed by atoms with van der Waals surface area (Å²) >= 11 is 1.51. The molecule has 0 radical (unpaired) electrons. The highest BCUT2D eigenvalue weighted by Gasteiger charge is 2.26. The van der Waals surface area contributed by atoms with Crippen molar-refractivity contribution >= 4 is 32.6 Å². The number of anilines is 1. The molecule has 0 saturated carbocycles. The van der Waals surface area contributed by atoms with Crippen molar-refractivity contribution in [2.24, 2.45) is 0 Å². The van der Waals surface area contributed by atoms with Gasteiger partial charge < -0.3 is 9.47 Å². The predicted molar refractivity (Wildman–Crippen MR) is 122 cm³/mol. The minimum absolute atomic E-state index is 0.0866. The first-order valence-corrected chi connectivity index (χ1v) is 11.6. The summed E-state index contributed by atoms with van der Waals surface area (Å²) in [5.41, 5.74) is 1.37. The van der Waals surface area contributed by atoms with Gasteiger partial charge in [-0.05, 0) is 39.0 Å². The Bertz CT molecular complexity index is 1030. The number of benzene rings is 1. The molecule has 4 rings (SSSR count). The number of carbonyl (C=O) groups excluding carboxylic acids is 1. The first kappa shape index (κ1) is 21.7. The number of amides is 1. The second kappa shape index (κ2) is 9.76. The van der Waals surface area contributed by atoms with Gasteiger partial charge in [-0.2, -0.15) is 5.10 Å². The average Bonchev–Trinajstić information content (AvgIpc) is 3.43. The highest BCUT2D eigenvalue weighted by atomic mass is 32.1. The smallest absolute Gasteiger partial charge is 0.278 e. The minimum atomic E-state index is -0.0866. The second-order valence-electron chi connectivity index (χ2n) is 7.70. The molecule has 1 fully saturated rings. The Morgan fingerprint density at radius 2 is 2.10 bits per heavy atom. The van der Waals surface area contributed by atoms with Gasteiger partial charge in [0.1, 0.15) is 17.0 Å². The van der Waals surface area contributed by atoms with E-state index in [1.807, 2.05) is 39.0 Å². The van der Waals surface area contributed by atoms with Crippen LogP contribution in [0.25, 0.3) is 10.2 Å². The van der Waals surface area contributed by atoms with E-state index in [1.165, 1.54) is 11.3 Å². The first-order chi connectivity index (χ1) is 15.1. The Morgan fingerprint density at radius 1 is 1.29 bits per heavy atom. The van der Waals surface area contributed by atoms with Gasteiger partial charge in [-0.3, -0.25) is 19.3 Å². The zero-order chi connectivity index (χ0) is 21.8. The average molecular weight is 444 g/mol. The quantitative estimate of drug-likeness (QED) is 0.531. The van der Waals surface area contributed by atoms with Crippen molar-refractivity contribution < 1.29 is 14.3 Å². The van der Waals surface area contributed by atoms with Crippen LogP contribution in [-0.2, 0) is 4.74 Å². The maximum atomic E-state index is 13.6. The lowest BCUT2D eigenvalue weighted by atomic mass is 10.3. The second-order valence-corrected chi connectivity index (χ2v) is 8.71. The van der Waals surface area contributed by atoms with E-state index in [1.54, 1.807) is 21.8 Å². The Labute approximate surface area is 186 Å². The molecule has 9 heteroatoms. The monoisotopic (exact) mass is 443 g/mol. The molecule has 3 aromatic rings. The zero-order valence-corrected chi connectivity index (χ0v) is 19.1. The molecular formula is C22H29N5O3S. The molecule has 1 saturated heterocycles. The van der Waals surface area contributed by atoms with Crippen molar-refractivity contribution in [2.45, 2.75) is 26.8 Å². The van der Waals surface area contributed by atoms with Gasteiger partial charge in [-0.15, -0.1) is 0 Å². The Balaban J connectivity index is 1.67. The SMILES string of the molecule is CCOc1cccc2sc(N(CCN3CCOCC3)C(=O)c3ccnn3C(C)C)nc12. The third kappa shape index (κ3) is 4.73. The molecule has 0 atom stereocenters. The van der Waals surface area contributed by atoms with Crippen LogP contribution in [0.5, 0.6) is 5.75 Å². The molecule has 0 bridgehead atoms. The molecule has 0 unspecified atom stereocenters. The lowest BCUT2D eigenvalue weighted by molar-refractivity contribution is 0.0391. The Hall–Kier alpha value is -2.49. The molecule has 31 heavy (non-hydrogen) atoms. The number of carbonyl (C=O) groups is 1. The van der Waals surface area contributed by atoms with Gasteiger partial charge in [0.15, 0.2) is 5.13 Å². The first-order valence-electron chi connectivity index (χ1n) is 10.8. The van der Waals surface area contributed by atoms with E-state index in [2.05, 4.69) is 10.00 Å². The molecule has 3 heterocycles. The standard InChI is InChI=1S/C22H29N5O3S/c1-4-30-18-6-5-7-19-20(18)24-22(31-19)26(11-10-25-12-14-29-15-13-25)21(28)17-8-9-23-27(17)16(2)3/h5-9,16H,4,10-15H2,1-3H3. The predicted octanol–water partition coefficient (Wildman–Crippen LogP) is 3.45. The Kier molecular flexibility index (Phi) is 6.84. The summed E-state index contributed by atoms with van der Waals surface area (Å²) in [4.78, 5) is 22.6. The van der Waals surface area contributed by atoms with E-state index >= 15 is 0 Å². The topological polar surface area (TPSA) is 72.7 Å². The molecule has 0 spiro atoms. The van der Waals surface area contributed by atoms with Crippen LogP contribution in [0.15, 0.2) is 30.5 Å². The van der Waals surface area contributed by atoms with Crippen LogP contribution >= 0.6 is 11.3 Å². The molecule has 1 aromatic carbocycles. The van der Waals surface area contributed by atoms with Crippen molar-refractivity contribution in [3.05, 3.63) is 36.2 Å². The largest absolute Gasteiger partial charge is 0.492 e. The summed E-state index contributed by atoms with van der Waals surface area (Å²) in [6.07, 6.45) is 1.68. The molecule has 0 N–H and O–H groups in total. The molecule has 1 aliphatic heterocycles. The lowest BCUT2D eigenvalue weighted by Crippen LogP contribution is -2.43. The van der Waals surface area contributed by atoms with Crippen molar-refractivity contribution in [3.63, 3.8) is 0 Å². The van der Waals surface area contributed by atoms with E-state index in [9.17, 15) is 4.79 Å². The number of rotatable bonds is 8. The highest BCUT2D eigenvalue weighted by molar-refractivity contribution is 7.22. The van der Waals surface area contributed by atoms with Gasteiger partial charge in [-0.1, -0.05) is 17.4 Å². The summed E-state index contributed by atoms with van der Waals surface area (Å²) < 4.78 is 14.0. The number of aromatic nitrogens is 3. The van der Waals surface area contributed by atoms with Crippen LogP contribution in [0.3, 0.4) is 0 Å². The lowest BCUT2D eigenvalue weighted by Gasteiger charge is -2.29. The van der Waals surface area contributed by atoms with Crippen molar-refractivity contribution in [1.82, 2.24) is 19.7 Å². The number of morpholine rings is 1. The van der Waals surface area contributed by atoms with Gasteiger partial charge in [-0.25, -0.2) is 4.98 Å². The van der Waals surface area contributed by atoms with Crippen molar-refractivity contribution in [3.8, 4) is 5.75 Å². The van der Waals surface area contributed by atoms with E-state index in [0.29, 0.717) is 24.0 Å². The van der Waals surface area contributed by atoms with Gasteiger partial charge in [0.2, 0.25) is 0 Å². The summed E-state index contributed by atoms with van der Waals surface area (Å²) in [5, 5.41) is 5.03. The Morgan fingerprint density at radius 3 is 2.84 bits per heavy atom. The van der Waals surface area contributed by atoms with Crippen LogP contribution in [-0.4, -0.2) is 71.6 Å². The zero-order valence-electron chi connectivity index (χ0n) is 18.3. The number of fused-ring (bicyclic) bond motifs is 1. The van der Waals surface area contributed by atoms with Crippen LogP contribution < -0.4 is 9.64 Å². The van der Waals surface area contributed by atoms with E-state index in [0.717, 1.165) is 48.8 Å². The van der Waals surface area contributed by atoms with E-state index < -0.39 is 0 Å². The highest BCUT2D eigenvalue weighted by Crippen LogP contribution is 2.35. The van der Waals surface area contributed by atoms with E-state index in [4.69, 9.17) is 14.5 Å². The van der Waals surface area contributed by atoms with Crippen molar-refractivity contribution in [2.75, 3.05) is 50.9 Å². The third-order valence-electron chi connectivity index (χ3n) is 5.27. The van der Waals surface area contributed by atoms with Gasteiger partial charge in [0.05, 0.1) is 24.5 Å². The molecule has 0 aliphatic carbocycles. The van der Waals surface area contributed by atoms with Crippen LogP contribution in [0.2, 0.25) is 0 Å². The number of para-hydroxylation sites is 1. The van der Waals surface area contributed by atoms with Gasteiger partial charge >= 0.3 is 0 Å². The fourth-order valence-corrected chi connectivity index (χ4v) is 4.69. The summed E-state index contributed by atoms with van der Waals surface area (Å²) in [7, 11) is 0. The number of hydrogen-bond acceptors (Lipinski definition) is 7. The summed E-state index contributed by atoms with van der Waals surface area (Å²) in [6.45, 7) is 11.1. The van der Waals surface area contributed by atoms with Crippen LogP contribution in [0, 0.1) is 0 Å². The van der Waals surface area contributed by atoms with Gasteiger partial charge in [0.25, 0.3) is 5.91 Å². The van der Waals surface area contributed by atoms with E-state index in [-0.39, 0.29) is 11.9 Å². The molecular weight excluding hydrogens is 414 g/mol. The van der Waals surface area contributed by atoms with Crippen LogP contribution in [0.1, 0.15) is 37.3 Å². The fraction of sp³-hybridized carbons (Fsp3) is 0.500. The van der Waals surface area contributed by atoms with Crippen molar-refractivity contribution in [1.29, 1.82) is 0 Å². The summed E-state index contributed by atoms with van der Waals surface area (Å²) in [5.74, 6) is 0.659. The molecule has 2 aromatic heterocycles. The van der Waals surface area contributed by atoms with Gasteiger partial charge in [0, 0.05) is 38.4 Å². The fourth-order valence-electron chi connectivity index (χ4n) is 3.68. The molecule has 166 valence electrons. The number of hydrogen-bond donors (Lipinski definition) is 0.